The van der Waals surface area contributed by atoms with Gasteiger partial charge in [-0.15, -0.1) is 0 Å². The molecule has 2 saturated heterocycles. The van der Waals surface area contributed by atoms with E-state index < -0.39 is 86.8 Å². The third kappa shape index (κ3) is 28.0. The van der Waals surface area contributed by atoms with Crippen LogP contribution in [0.15, 0.2) is 72.9 Å². The van der Waals surface area contributed by atoms with Crippen molar-refractivity contribution in [3.63, 3.8) is 0 Å². The van der Waals surface area contributed by atoms with Crippen LogP contribution >= 0.6 is 0 Å². The van der Waals surface area contributed by atoms with Crippen molar-refractivity contribution in [3.8, 4) is 0 Å². The molecule has 0 bridgehead atoms. The fourth-order valence-electron chi connectivity index (χ4n) is 8.49. The maximum Gasteiger partial charge on any atom is 0.220 e. The van der Waals surface area contributed by atoms with E-state index in [0.29, 0.717) is 6.42 Å². The first-order valence-electron chi connectivity index (χ1n) is 27.2. The number of carbonyl (C=O) groups excluding carboxylic acids is 1. The maximum atomic E-state index is 13.2. The lowest BCUT2D eigenvalue weighted by Gasteiger charge is -2.46. The lowest BCUT2D eigenvalue weighted by Crippen LogP contribution is -2.65. The van der Waals surface area contributed by atoms with E-state index >= 15 is 0 Å². The average Bonchev–Trinajstić information content (AvgIpc) is 3.36. The number of hydrogen-bond acceptors (Lipinski definition) is 13. The van der Waals surface area contributed by atoms with Gasteiger partial charge in [0.1, 0.15) is 48.8 Å². The lowest BCUT2D eigenvalue weighted by atomic mass is 9.97. The van der Waals surface area contributed by atoms with Crippen molar-refractivity contribution < 1.29 is 64.6 Å². The highest BCUT2D eigenvalue weighted by Gasteiger charge is 2.51. The molecule has 0 radical (unpaired) electrons. The molecule has 2 heterocycles. The van der Waals surface area contributed by atoms with E-state index in [0.717, 1.165) is 83.5 Å². The molecule has 14 nitrogen and oxygen atoms in total. The molecule has 1 amide bonds. The minimum atomic E-state index is -1.79. The van der Waals surface area contributed by atoms with Gasteiger partial charge in [-0.3, -0.25) is 4.79 Å². The molecule has 0 aromatic carbocycles. The molecule has 2 aliphatic rings. The van der Waals surface area contributed by atoms with E-state index in [1.165, 1.54) is 70.6 Å². The normalized spacial score (nSPS) is 26.5. The summed E-state index contributed by atoms with van der Waals surface area (Å²) >= 11 is 0. The molecule has 0 aromatic heterocycles. The van der Waals surface area contributed by atoms with E-state index in [9.17, 15) is 45.6 Å². The lowest BCUT2D eigenvalue weighted by molar-refractivity contribution is -0.359. The zero-order valence-corrected chi connectivity index (χ0v) is 43.0. The predicted octanol–water partition coefficient (Wildman–Crippen LogP) is 7.99. The number of aliphatic hydroxyl groups excluding tert-OH is 8. The molecule has 9 N–H and O–H groups in total. The first kappa shape index (κ1) is 63.5. The van der Waals surface area contributed by atoms with Crippen LogP contribution in [0.2, 0.25) is 0 Å². The third-order valence-corrected chi connectivity index (χ3v) is 12.9. The molecule has 0 aliphatic carbocycles. The Morgan fingerprint density at radius 1 is 0.529 bits per heavy atom. The molecular weight excluding hydrogens is 895 g/mol. The van der Waals surface area contributed by atoms with Crippen molar-refractivity contribution in [1.29, 1.82) is 0 Å². The summed E-state index contributed by atoms with van der Waals surface area (Å²) in [4.78, 5) is 13.2. The first-order valence-corrected chi connectivity index (χ1v) is 27.2. The summed E-state index contributed by atoms with van der Waals surface area (Å²) in [5.41, 5.74) is 0. The molecular formula is C56H97NO13. The molecule has 12 atom stereocenters. The average molecular weight is 992 g/mol. The van der Waals surface area contributed by atoms with Gasteiger partial charge in [-0.2, -0.15) is 0 Å². The number of carbonyl (C=O) groups is 1. The summed E-state index contributed by atoms with van der Waals surface area (Å²) in [5.74, 6) is -0.261. The zero-order valence-electron chi connectivity index (χ0n) is 43.0. The number of hydrogen-bond donors (Lipinski definition) is 9. The topological polar surface area (TPSA) is 228 Å². The van der Waals surface area contributed by atoms with E-state index in [-0.39, 0.29) is 18.9 Å². The smallest absolute Gasteiger partial charge is 0.220 e. The van der Waals surface area contributed by atoms with Crippen molar-refractivity contribution in [3.05, 3.63) is 72.9 Å². The number of aliphatic hydroxyl groups is 8. The highest BCUT2D eigenvalue weighted by Crippen LogP contribution is 2.30. The minimum absolute atomic E-state index is 0.255. The molecule has 12 unspecified atom stereocenters. The summed E-state index contributed by atoms with van der Waals surface area (Å²) in [6.45, 7) is 2.65. The largest absolute Gasteiger partial charge is 0.394 e. The second-order valence-corrected chi connectivity index (χ2v) is 19.0. The Balaban J connectivity index is 1.83. The third-order valence-electron chi connectivity index (χ3n) is 12.9. The Kier molecular flexibility index (Phi) is 38.0. The van der Waals surface area contributed by atoms with Gasteiger partial charge in [-0.05, 0) is 64.2 Å². The van der Waals surface area contributed by atoms with Crippen LogP contribution in [0.25, 0.3) is 0 Å². The predicted molar refractivity (Wildman–Crippen MR) is 277 cm³/mol. The highest BCUT2D eigenvalue weighted by molar-refractivity contribution is 5.76. The van der Waals surface area contributed by atoms with Crippen molar-refractivity contribution in [2.75, 3.05) is 19.8 Å². The Hall–Kier alpha value is -2.57. The van der Waals surface area contributed by atoms with Crippen LogP contribution in [0.3, 0.4) is 0 Å². The molecule has 14 heteroatoms. The van der Waals surface area contributed by atoms with Crippen molar-refractivity contribution in [2.24, 2.45) is 0 Å². The van der Waals surface area contributed by atoms with Crippen LogP contribution in [0.5, 0.6) is 0 Å². The molecule has 2 fully saturated rings. The van der Waals surface area contributed by atoms with E-state index in [1.54, 1.807) is 6.08 Å². The van der Waals surface area contributed by atoms with Gasteiger partial charge in [0.25, 0.3) is 0 Å². The fraction of sp³-hybridized carbons (Fsp3) is 0.768. The number of allylic oxidation sites excluding steroid dienone is 11. The maximum absolute atomic E-state index is 13.2. The minimum Gasteiger partial charge on any atom is -0.394 e. The monoisotopic (exact) mass is 992 g/mol. The molecule has 2 rings (SSSR count). The Bertz CT molecular complexity index is 1450. The van der Waals surface area contributed by atoms with Gasteiger partial charge in [0.05, 0.1) is 32.0 Å². The summed E-state index contributed by atoms with van der Waals surface area (Å²) in [7, 11) is 0. The van der Waals surface area contributed by atoms with Crippen LogP contribution < -0.4 is 5.32 Å². The first-order chi connectivity index (χ1) is 34.1. The van der Waals surface area contributed by atoms with E-state index in [4.69, 9.17) is 18.9 Å². The van der Waals surface area contributed by atoms with Crippen LogP contribution in [0.4, 0.5) is 0 Å². The SMILES string of the molecule is CC/C=C\C/C=C\C/C=C\C/C=C\C/C=C\CCCCCCCC(=O)NC(COC1OC(CO)C(OC2OC(CO)C(O)C(O)C2O)C(O)C1O)C(O)/C=C/CCCCCCCCCCCCCCC. The standard InChI is InChI=1S/C56H97NO13/c1-3-5-7-9-11-13-15-17-19-20-21-22-23-24-26-28-30-32-34-36-38-40-48(61)57-44(45(60)39-37-35-33-31-29-27-25-18-16-14-12-10-8-6-4-2)43-67-55-53(66)51(64)54(47(42-59)69-55)70-56-52(65)50(63)49(62)46(41-58)68-56/h5,7,11,13,17,19,21-22,24,26,37,39,44-47,49-56,58-60,62-66H,3-4,6,8-10,12,14-16,18,20,23,25,27-36,38,40-43H2,1-2H3,(H,57,61)/b7-5-,13-11-,19-17-,22-21-,26-24-,39-37+. The Morgan fingerprint density at radius 2 is 0.986 bits per heavy atom. The second kappa shape index (κ2) is 41.9. The highest BCUT2D eigenvalue weighted by atomic mass is 16.7. The van der Waals surface area contributed by atoms with Crippen LogP contribution in [0, 0.1) is 0 Å². The summed E-state index contributed by atoms with van der Waals surface area (Å²) in [6, 6.07) is -0.928. The molecule has 0 saturated carbocycles. The van der Waals surface area contributed by atoms with Gasteiger partial charge in [-0.25, -0.2) is 0 Å². The zero-order chi connectivity index (χ0) is 51.0. The number of nitrogens with one attached hydrogen (secondary N) is 1. The summed E-state index contributed by atoms with van der Waals surface area (Å²) in [5, 5.41) is 86.9. The summed E-state index contributed by atoms with van der Waals surface area (Å²) in [6.07, 6.45) is 36.4. The molecule has 404 valence electrons. The van der Waals surface area contributed by atoms with Crippen LogP contribution in [-0.4, -0.2) is 140 Å². The molecule has 70 heavy (non-hydrogen) atoms. The Labute approximate surface area is 421 Å². The van der Waals surface area contributed by atoms with Gasteiger partial charge in [-0.1, -0.05) is 183 Å². The van der Waals surface area contributed by atoms with Crippen molar-refractivity contribution in [2.45, 2.75) is 254 Å². The fourth-order valence-corrected chi connectivity index (χ4v) is 8.49. The van der Waals surface area contributed by atoms with Crippen LogP contribution in [0.1, 0.15) is 181 Å². The molecule has 0 aromatic rings. The Morgan fingerprint density at radius 3 is 1.51 bits per heavy atom. The van der Waals surface area contributed by atoms with Gasteiger partial charge in [0, 0.05) is 6.42 Å². The quantitative estimate of drug-likeness (QED) is 0.0209. The van der Waals surface area contributed by atoms with Crippen molar-refractivity contribution in [1.82, 2.24) is 5.32 Å². The van der Waals surface area contributed by atoms with Gasteiger partial charge in [0.15, 0.2) is 12.6 Å². The number of ether oxygens (including phenoxy) is 4. The summed E-state index contributed by atoms with van der Waals surface area (Å²) < 4.78 is 22.7. The number of rotatable bonds is 41. The van der Waals surface area contributed by atoms with Gasteiger partial charge < -0.3 is 65.1 Å². The molecule has 2 aliphatic heterocycles. The van der Waals surface area contributed by atoms with Gasteiger partial charge in [0.2, 0.25) is 5.91 Å². The second-order valence-electron chi connectivity index (χ2n) is 19.0. The number of amides is 1. The molecule has 0 spiro atoms. The number of unbranched alkanes of at least 4 members (excludes halogenated alkanes) is 18. The van der Waals surface area contributed by atoms with Gasteiger partial charge >= 0.3 is 0 Å². The van der Waals surface area contributed by atoms with E-state index in [1.807, 2.05) is 6.08 Å². The van der Waals surface area contributed by atoms with Crippen LogP contribution in [-0.2, 0) is 23.7 Å². The van der Waals surface area contributed by atoms with E-state index in [2.05, 4.69) is 79.9 Å². The van der Waals surface area contributed by atoms with Crippen molar-refractivity contribution >= 4 is 5.91 Å².